The Morgan fingerprint density at radius 1 is 1.50 bits per heavy atom. The summed E-state index contributed by atoms with van der Waals surface area (Å²) in [4.78, 5) is 22.1. The first-order valence-electron chi connectivity index (χ1n) is 3.07. The molecule has 0 atom stereocenters. The quantitative estimate of drug-likeness (QED) is 0.542. The van der Waals surface area contributed by atoms with Crippen LogP contribution in [-0.4, -0.2) is 29.8 Å². The van der Waals surface area contributed by atoms with Crippen molar-refractivity contribution < 1.29 is 9.59 Å². The van der Waals surface area contributed by atoms with Gasteiger partial charge >= 0.3 is 0 Å². The van der Waals surface area contributed by atoms with Crippen LogP contribution < -0.4 is 5.73 Å². The van der Waals surface area contributed by atoms with E-state index in [4.69, 9.17) is 5.73 Å². The Hall–Kier alpha value is -1.06. The molecular formula is C6H11N2O2. The Balaban J connectivity index is 3.83. The summed E-state index contributed by atoms with van der Waals surface area (Å²) in [6.45, 7) is 3.54. The van der Waals surface area contributed by atoms with Gasteiger partial charge in [0.25, 0.3) is 5.91 Å². The third-order valence-corrected chi connectivity index (χ3v) is 1.16. The maximum atomic E-state index is 10.6. The van der Waals surface area contributed by atoms with Crippen molar-refractivity contribution >= 4 is 11.8 Å². The largest absolute Gasteiger partial charge is 0.334 e. The molecule has 57 valence electrons. The van der Waals surface area contributed by atoms with Gasteiger partial charge in [0, 0.05) is 13.5 Å². The highest BCUT2D eigenvalue weighted by molar-refractivity contribution is 5.82. The van der Waals surface area contributed by atoms with Crippen LogP contribution in [0, 0.1) is 0 Å². The van der Waals surface area contributed by atoms with Crippen LogP contribution in [0.5, 0.6) is 0 Å². The summed E-state index contributed by atoms with van der Waals surface area (Å²) >= 11 is 0. The molecule has 10 heavy (non-hydrogen) atoms. The zero-order valence-corrected chi connectivity index (χ0v) is 6.18. The molecule has 0 aliphatic carbocycles. The van der Waals surface area contributed by atoms with Crippen molar-refractivity contribution in [2.75, 3.05) is 13.1 Å². The van der Waals surface area contributed by atoms with E-state index < -0.39 is 5.91 Å². The van der Waals surface area contributed by atoms with Crippen LogP contribution in [0.2, 0.25) is 0 Å². The van der Waals surface area contributed by atoms with Crippen LogP contribution in [0.25, 0.3) is 0 Å². The summed E-state index contributed by atoms with van der Waals surface area (Å²) < 4.78 is 0. The van der Waals surface area contributed by atoms with E-state index in [0.29, 0.717) is 6.54 Å². The molecule has 4 heteroatoms. The first-order chi connectivity index (χ1) is 4.57. The Kier molecular flexibility index (Phi) is 3.46. The number of amides is 2. The maximum absolute atomic E-state index is 10.6. The third kappa shape index (κ3) is 3.06. The standard InChI is InChI=1S/C6H11N2O2/c1-3-8(5(2)9)4-6(7)10/h7H,3-4H2,1-2H3. The van der Waals surface area contributed by atoms with Crippen LogP contribution in [-0.2, 0) is 9.59 Å². The Bertz CT molecular complexity index is 145. The lowest BCUT2D eigenvalue weighted by molar-refractivity contribution is -0.133. The van der Waals surface area contributed by atoms with E-state index in [2.05, 4.69) is 0 Å². The summed E-state index contributed by atoms with van der Waals surface area (Å²) in [5.74, 6) is -0.889. The van der Waals surface area contributed by atoms with Gasteiger partial charge in [0.1, 0.15) is 6.54 Å². The highest BCUT2D eigenvalue weighted by Gasteiger charge is 2.07. The fourth-order valence-corrected chi connectivity index (χ4v) is 0.619. The lowest BCUT2D eigenvalue weighted by Crippen LogP contribution is -2.33. The van der Waals surface area contributed by atoms with Crippen molar-refractivity contribution in [2.24, 2.45) is 0 Å². The van der Waals surface area contributed by atoms with Crippen molar-refractivity contribution in [1.82, 2.24) is 10.6 Å². The molecule has 1 radical (unpaired) electrons. The molecule has 0 spiro atoms. The third-order valence-electron chi connectivity index (χ3n) is 1.16. The summed E-state index contributed by atoms with van der Waals surface area (Å²) in [5, 5.41) is 0. The molecule has 0 fully saturated rings. The lowest BCUT2D eigenvalue weighted by atomic mass is 10.4. The van der Waals surface area contributed by atoms with E-state index in [0.717, 1.165) is 0 Å². The van der Waals surface area contributed by atoms with Gasteiger partial charge in [0.15, 0.2) is 0 Å². The first kappa shape index (κ1) is 8.94. The van der Waals surface area contributed by atoms with Crippen molar-refractivity contribution in [2.45, 2.75) is 13.8 Å². The maximum Gasteiger partial charge on any atom is 0.257 e. The fourth-order valence-electron chi connectivity index (χ4n) is 0.619. The average molecular weight is 143 g/mol. The van der Waals surface area contributed by atoms with E-state index in [1.165, 1.54) is 11.8 Å². The van der Waals surface area contributed by atoms with Crippen LogP contribution in [0.3, 0.4) is 0 Å². The van der Waals surface area contributed by atoms with E-state index in [1.807, 2.05) is 0 Å². The molecule has 0 aromatic heterocycles. The van der Waals surface area contributed by atoms with Gasteiger partial charge in [-0.15, -0.1) is 0 Å². The molecule has 0 aliphatic rings. The predicted octanol–water partition coefficient (Wildman–Crippen LogP) is -0.336. The van der Waals surface area contributed by atoms with E-state index in [1.54, 1.807) is 6.92 Å². The average Bonchev–Trinajstić information content (AvgIpc) is 1.81. The lowest BCUT2D eigenvalue weighted by Gasteiger charge is -2.15. The summed E-state index contributed by atoms with van der Waals surface area (Å²) in [5.41, 5.74) is 6.57. The number of nitrogens with zero attached hydrogens (tertiary/aromatic N) is 1. The zero-order chi connectivity index (χ0) is 8.15. The Morgan fingerprint density at radius 2 is 2.00 bits per heavy atom. The minimum absolute atomic E-state index is 0.0914. The topological polar surface area (TPSA) is 61.2 Å². The van der Waals surface area contributed by atoms with E-state index >= 15 is 0 Å². The molecule has 0 saturated heterocycles. The molecule has 0 rings (SSSR count). The zero-order valence-electron chi connectivity index (χ0n) is 6.18. The van der Waals surface area contributed by atoms with Gasteiger partial charge in [0.05, 0.1) is 0 Å². The Morgan fingerprint density at radius 3 is 2.10 bits per heavy atom. The van der Waals surface area contributed by atoms with Gasteiger partial charge < -0.3 is 4.90 Å². The molecular weight excluding hydrogens is 132 g/mol. The van der Waals surface area contributed by atoms with E-state index in [-0.39, 0.29) is 12.5 Å². The van der Waals surface area contributed by atoms with Gasteiger partial charge in [-0.2, -0.15) is 0 Å². The van der Waals surface area contributed by atoms with Gasteiger partial charge in [-0.05, 0) is 6.92 Å². The number of hydrogen-bond acceptors (Lipinski definition) is 2. The Labute approximate surface area is 60.0 Å². The molecule has 0 heterocycles. The van der Waals surface area contributed by atoms with E-state index in [9.17, 15) is 9.59 Å². The SMILES string of the molecule is CCN(CC([NH])=O)C(C)=O. The van der Waals surface area contributed by atoms with Gasteiger partial charge in [-0.3, -0.25) is 15.3 Å². The van der Waals surface area contributed by atoms with Gasteiger partial charge in [0.2, 0.25) is 5.91 Å². The second-order valence-corrected chi connectivity index (χ2v) is 1.96. The molecule has 0 bridgehead atoms. The summed E-state index contributed by atoms with van der Waals surface area (Å²) in [6, 6.07) is 0. The molecule has 2 amide bonds. The number of rotatable bonds is 3. The van der Waals surface area contributed by atoms with Crippen molar-refractivity contribution in [1.29, 1.82) is 0 Å². The number of nitrogens with one attached hydrogen (secondary N) is 1. The highest BCUT2D eigenvalue weighted by atomic mass is 16.2. The second kappa shape index (κ2) is 3.87. The summed E-state index contributed by atoms with van der Waals surface area (Å²) in [6.07, 6.45) is 0. The molecule has 4 nitrogen and oxygen atoms in total. The highest BCUT2D eigenvalue weighted by Crippen LogP contribution is 1.86. The molecule has 0 aromatic carbocycles. The summed E-state index contributed by atoms with van der Waals surface area (Å²) in [7, 11) is 0. The van der Waals surface area contributed by atoms with Crippen molar-refractivity contribution in [3.8, 4) is 0 Å². The van der Waals surface area contributed by atoms with Crippen molar-refractivity contribution in [3.63, 3.8) is 0 Å². The number of hydrogen-bond donors (Lipinski definition) is 0. The molecule has 1 N–H and O–H groups in total. The minimum atomic E-state index is -0.725. The number of likely N-dealkylation sites (N-methyl/N-ethyl adjacent to an activating group) is 1. The molecule has 0 aliphatic heterocycles. The van der Waals surface area contributed by atoms with Gasteiger partial charge in [-0.1, -0.05) is 0 Å². The fraction of sp³-hybridized carbons (Fsp3) is 0.667. The van der Waals surface area contributed by atoms with Crippen LogP contribution in [0.4, 0.5) is 0 Å². The molecule has 0 unspecified atom stereocenters. The van der Waals surface area contributed by atoms with Crippen LogP contribution in [0.15, 0.2) is 0 Å². The first-order valence-corrected chi connectivity index (χ1v) is 3.07. The number of carbonyl (C=O) groups excluding carboxylic acids is 2. The normalized spacial score (nSPS) is 9.00. The monoisotopic (exact) mass is 143 g/mol. The van der Waals surface area contributed by atoms with Crippen LogP contribution >= 0.6 is 0 Å². The second-order valence-electron chi connectivity index (χ2n) is 1.96. The molecule has 0 aromatic rings. The predicted molar refractivity (Wildman–Crippen MR) is 36.0 cm³/mol. The minimum Gasteiger partial charge on any atom is -0.334 e. The smallest absolute Gasteiger partial charge is 0.257 e. The number of carbonyl (C=O) groups is 2. The molecule has 0 saturated carbocycles. The van der Waals surface area contributed by atoms with Crippen molar-refractivity contribution in [3.05, 3.63) is 0 Å². The van der Waals surface area contributed by atoms with Gasteiger partial charge in [-0.25, -0.2) is 0 Å². The van der Waals surface area contributed by atoms with Crippen LogP contribution in [0.1, 0.15) is 13.8 Å².